The van der Waals surface area contributed by atoms with Crippen molar-refractivity contribution in [2.24, 2.45) is 0 Å². The largest absolute Gasteiger partial charge is 0.367 e. The zero-order valence-electron chi connectivity index (χ0n) is 14.4. The third kappa shape index (κ3) is 3.78. The maximum atomic E-state index is 12.6. The first kappa shape index (κ1) is 16.9. The highest BCUT2D eigenvalue weighted by atomic mass is 16.1. The van der Waals surface area contributed by atoms with Gasteiger partial charge in [0.1, 0.15) is 6.07 Å². The Hall–Kier alpha value is -2.91. The van der Waals surface area contributed by atoms with Crippen LogP contribution < -0.4 is 10.2 Å². The summed E-state index contributed by atoms with van der Waals surface area (Å²) in [5.41, 5.74) is 2.00. The van der Waals surface area contributed by atoms with Gasteiger partial charge < -0.3 is 15.1 Å². The van der Waals surface area contributed by atoms with Crippen LogP contribution in [-0.4, -0.2) is 48.5 Å². The number of carbonyl (C=O) groups excluding carboxylic acids is 1. The lowest BCUT2D eigenvalue weighted by atomic mass is 10.1. The van der Waals surface area contributed by atoms with E-state index in [1.54, 1.807) is 12.3 Å². The first-order valence-electron chi connectivity index (χ1n) is 8.30. The van der Waals surface area contributed by atoms with E-state index in [4.69, 9.17) is 0 Å². The van der Waals surface area contributed by atoms with Gasteiger partial charge in [0.25, 0.3) is 5.91 Å². The highest BCUT2D eigenvalue weighted by Crippen LogP contribution is 2.21. The van der Waals surface area contributed by atoms with Gasteiger partial charge in [0.2, 0.25) is 0 Å². The molecule has 3 rings (SSSR count). The van der Waals surface area contributed by atoms with Crippen molar-refractivity contribution in [1.82, 2.24) is 9.88 Å². The molecule has 1 amide bonds. The number of hydrogen-bond acceptors (Lipinski definition) is 5. The Kier molecular flexibility index (Phi) is 4.96. The Morgan fingerprint density at radius 1 is 1.32 bits per heavy atom. The van der Waals surface area contributed by atoms with E-state index in [-0.39, 0.29) is 11.6 Å². The van der Waals surface area contributed by atoms with E-state index >= 15 is 0 Å². The minimum Gasteiger partial charge on any atom is -0.367 e. The number of anilines is 2. The van der Waals surface area contributed by atoms with Crippen molar-refractivity contribution in [3.63, 3.8) is 0 Å². The fourth-order valence-corrected chi connectivity index (χ4v) is 2.89. The Balaban J connectivity index is 1.85. The molecule has 1 aliphatic rings. The molecule has 1 fully saturated rings. The average molecular weight is 335 g/mol. The van der Waals surface area contributed by atoms with Crippen LogP contribution in [0.3, 0.4) is 0 Å². The molecule has 0 bridgehead atoms. The molecule has 1 aliphatic heterocycles. The molecule has 0 aliphatic carbocycles. The molecule has 1 aromatic carbocycles. The summed E-state index contributed by atoms with van der Waals surface area (Å²) in [6.07, 6.45) is 1.68. The van der Waals surface area contributed by atoms with Gasteiger partial charge in [-0.15, -0.1) is 0 Å². The number of nitrogens with zero attached hydrogens (tertiary/aromatic N) is 4. The minimum atomic E-state index is -0.320. The monoisotopic (exact) mass is 335 g/mol. The van der Waals surface area contributed by atoms with E-state index in [1.165, 1.54) is 0 Å². The first-order chi connectivity index (χ1) is 12.1. The number of amides is 1. The second kappa shape index (κ2) is 7.32. The van der Waals surface area contributed by atoms with Crippen LogP contribution in [0.25, 0.3) is 0 Å². The number of likely N-dealkylation sites (N-methyl/N-ethyl adjacent to an activating group) is 1. The maximum Gasteiger partial charge on any atom is 0.258 e. The first-order valence-corrected chi connectivity index (χ1v) is 8.30. The summed E-state index contributed by atoms with van der Waals surface area (Å²) in [6, 6.07) is 13.4. The molecule has 128 valence electrons. The van der Waals surface area contributed by atoms with Crippen LogP contribution in [0.15, 0.2) is 42.6 Å². The Morgan fingerprint density at radius 3 is 2.76 bits per heavy atom. The van der Waals surface area contributed by atoms with Crippen molar-refractivity contribution in [3.8, 4) is 6.07 Å². The lowest BCUT2D eigenvalue weighted by Crippen LogP contribution is -2.50. The van der Waals surface area contributed by atoms with E-state index in [9.17, 15) is 10.1 Å². The van der Waals surface area contributed by atoms with Crippen LogP contribution >= 0.6 is 0 Å². The van der Waals surface area contributed by atoms with E-state index in [0.717, 1.165) is 25.3 Å². The molecule has 1 N–H and O–H groups in total. The molecule has 25 heavy (non-hydrogen) atoms. The van der Waals surface area contributed by atoms with Crippen LogP contribution in [0.5, 0.6) is 0 Å². The smallest absolute Gasteiger partial charge is 0.258 e. The summed E-state index contributed by atoms with van der Waals surface area (Å²) in [5.74, 6) is -0.320. The quantitative estimate of drug-likeness (QED) is 0.932. The molecule has 1 saturated heterocycles. The molecule has 2 aromatic rings. The fraction of sp³-hybridized carbons (Fsp3) is 0.316. The molecule has 0 radical (unpaired) electrons. The summed E-state index contributed by atoms with van der Waals surface area (Å²) >= 11 is 0. The standard InChI is InChI=1S/C19H21N5O/c1-14-13-24(9-8-23(14)2)16-10-17(18(11-20)21-12-16)19(25)22-15-6-4-3-5-7-15/h3-7,10,12,14H,8-9,13H2,1-2H3,(H,22,25). The highest BCUT2D eigenvalue weighted by Gasteiger charge is 2.23. The molecule has 1 unspecified atom stereocenters. The van der Waals surface area contributed by atoms with E-state index in [2.05, 4.69) is 34.1 Å². The van der Waals surface area contributed by atoms with Gasteiger partial charge in [-0.2, -0.15) is 5.26 Å². The molecule has 1 aromatic heterocycles. The fourth-order valence-electron chi connectivity index (χ4n) is 2.89. The number of piperazine rings is 1. The van der Waals surface area contributed by atoms with Crippen molar-refractivity contribution in [2.75, 3.05) is 36.9 Å². The summed E-state index contributed by atoms with van der Waals surface area (Å²) in [6.45, 7) is 4.86. The molecule has 6 nitrogen and oxygen atoms in total. The topological polar surface area (TPSA) is 72.3 Å². The van der Waals surface area contributed by atoms with Gasteiger partial charge in [0.15, 0.2) is 5.69 Å². The van der Waals surface area contributed by atoms with Crippen LogP contribution in [0.1, 0.15) is 23.0 Å². The Labute approximate surface area is 147 Å². The SMILES string of the molecule is CC1CN(c2cnc(C#N)c(C(=O)Nc3ccccc3)c2)CCN1C. The lowest BCUT2D eigenvalue weighted by Gasteiger charge is -2.38. The van der Waals surface area contributed by atoms with Gasteiger partial charge in [-0.3, -0.25) is 4.79 Å². The number of aromatic nitrogens is 1. The van der Waals surface area contributed by atoms with Gasteiger partial charge in [-0.05, 0) is 32.2 Å². The minimum absolute atomic E-state index is 0.138. The highest BCUT2D eigenvalue weighted by molar-refractivity contribution is 6.06. The van der Waals surface area contributed by atoms with Gasteiger partial charge >= 0.3 is 0 Å². The summed E-state index contributed by atoms with van der Waals surface area (Å²) in [5, 5.41) is 12.1. The number of benzene rings is 1. The molecule has 0 saturated carbocycles. The number of nitriles is 1. The second-order valence-electron chi connectivity index (χ2n) is 6.30. The number of para-hydroxylation sites is 1. The van der Waals surface area contributed by atoms with Gasteiger partial charge in [-0.25, -0.2) is 4.98 Å². The molecule has 6 heteroatoms. The Bertz CT molecular complexity index is 799. The number of pyridine rings is 1. The normalized spacial score (nSPS) is 17.8. The van der Waals surface area contributed by atoms with Crippen molar-refractivity contribution in [1.29, 1.82) is 5.26 Å². The van der Waals surface area contributed by atoms with Crippen molar-refractivity contribution in [3.05, 3.63) is 53.9 Å². The van der Waals surface area contributed by atoms with E-state index in [1.807, 2.05) is 36.4 Å². The van der Waals surface area contributed by atoms with Crippen molar-refractivity contribution >= 4 is 17.3 Å². The predicted octanol–water partition coefficient (Wildman–Crippen LogP) is 2.35. The number of hydrogen-bond donors (Lipinski definition) is 1. The van der Waals surface area contributed by atoms with E-state index in [0.29, 0.717) is 17.3 Å². The van der Waals surface area contributed by atoms with Crippen molar-refractivity contribution < 1.29 is 4.79 Å². The third-order valence-electron chi connectivity index (χ3n) is 4.58. The molecular formula is C19H21N5O. The van der Waals surface area contributed by atoms with Crippen LogP contribution in [0.4, 0.5) is 11.4 Å². The number of nitrogens with one attached hydrogen (secondary N) is 1. The van der Waals surface area contributed by atoms with Gasteiger partial charge in [0, 0.05) is 31.4 Å². The second-order valence-corrected chi connectivity index (χ2v) is 6.30. The zero-order chi connectivity index (χ0) is 17.8. The number of rotatable bonds is 3. The van der Waals surface area contributed by atoms with Gasteiger partial charge in [0.05, 0.1) is 17.4 Å². The van der Waals surface area contributed by atoms with E-state index < -0.39 is 0 Å². The summed E-state index contributed by atoms with van der Waals surface area (Å²) < 4.78 is 0. The van der Waals surface area contributed by atoms with Crippen LogP contribution in [-0.2, 0) is 0 Å². The molecule has 1 atom stereocenters. The van der Waals surface area contributed by atoms with Gasteiger partial charge in [-0.1, -0.05) is 18.2 Å². The lowest BCUT2D eigenvalue weighted by molar-refractivity contribution is 0.102. The molecular weight excluding hydrogens is 314 g/mol. The average Bonchev–Trinajstić information content (AvgIpc) is 2.64. The summed E-state index contributed by atoms with van der Waals surface area (Å²) in [7, 11) is 2.11. The zero-order valence-corrected chi connectivity index (χ0v) is 14.4. The van der Waals surface area contributed by atoms with Crippen LogP contribution in [0, 0.1) is 11.3 Å². The van der Waals surface area contributed by atoms with Crippen LogP contribution in [0.2, 0.25) is 0 Å². The maximum absolute atomic E-state index is 12.6. The summed E-state index contributed by atoms with van der Waals surface area (Å²) in [4.78, 5) is 21.3. The third-order valence-corrected chi connectivity index (χ3v) is 4.58. The predicted molar refractivity (Wildman–Crippen MR) is 97.7 cm³/mol. The molecule has 2 heterocycles. The Morgan fingerprint density at radius 2 is 2.08 bits per heavy atom. The van der Waals surface area contributed by atoms with Crippen molar-refractivity contribution in [2.45, 2.75) is 13.0 Å². The molecule has 0 spiro atoms. The number of carbonyl (C=O) groups is 1.